The van der Waals surface area contributed by atoms with Gasteiger partial charge in [-0.1, -0.05) is 18.2 Å². The van der Waals surface area contributed by atoms with E-state index in [4.69, 9.17) is 0 Å². The first-order valence-electron chi connectivity index (χ1n) is 8.31. The van der Waals surface area contributed by atoms with E-state index in [0.29, 0.717) is 41.2 Å². The van der Waals surface area contributed by atoms with Gasteiger partial charge in [-0.25, -0.2) is 13.5 Å². The number of amides is 1. The summed E-state index contributed by atoms with van der Waals surface area (Å²) in [5.41, 5.74) is 2.95. The van der Waals surface area contributed by atoms with Crippen molar-refractivity contribution in [3.63, 3.8) is 0 Å². The van der Waals surface area contributed by atoms with Crippen LogP contribution in [0.15, 0.2) is 48.5 Å². The fourth-order valence-corrected chi connectivity index (χ4v) is 2.91. The molecule has 0 saturated heterocycles. The summed E-state index contributed by atoms with van der Waals surface area (Å²) in [5.74, 6) is -0.871. The van der Waals surface area contributed by atoms with Gasteiger partial charge in [-0.15, -0.1) is 0 Å². The molecule has 0 fully saturated rings. The van der Waals surface area contributed by atoms with Crippen molar-refractivity contribution in [3.05, 3.63) is 82.7 Å². The molecule has 0 spiro atoms. The number of carbonyl (C=O) groups is 1. The standard InChI is InChI=1S/C20H19F2N3O/c1-13-19(14(2)25(24-13)17-9-7-16(21)8-10-17)20(26)23-12-11-15-5-3-4-6-18(15)22/h3-10H,11-12H2,1-2H3,(H,23,26). The number of halogens is 2. The summed E-state index contributed by atoms with van der Waals surface area (Å²) >= 11 is 0. The lowest BCUT2D eigenvalue weighted by atomic mass is 10.1. The van der Waals surface area contributed by atoms with Crippen molar-refractivity contribution in [1.82, 2.24) is 15.1 Å². The van der Waals surface area contributed by atoms with Crippen LogP contribution < -0.4 is 5.32 Å². The minimum Gasteiger partial charge on any atom is -0.352 e. The fraction of sp³-hybridized carbons (Fsp3) is 0.200. The van der Waals surface area contributed by atoms with Crippen molar-refractivity contribution in [3.8, 4) is 5.69 Å². The summed E-state index contributed by atoms with van der Waals surface area (Å²) in [7, 11) is 0. The molecular weight excluding hydrogens is 336 g/mol. The van der Waals surface area contributed by atoms with E-state index >= 15 is 0 Å². The highest BCUT2D eigenvalue weighted by atomic mass is 19.1. The molecule has 0 saturated carbocycles. The predicted molar refractivity (Wildman–Crippen MR) is 95.4 cm³/mol. The molecule has 0 aliphatic heterocycles. The molecule has 0 aliphatic rings. The van der Waals surface area contributed by atoms with Crippen molar-refractivity contribution in [2.24, 2.45) is 0 Å². The van der Waals surface area contributed by atoms with Gasteiger partial charge in [0.15, 0.2) is 0 Å². The van der Waals surface area contributed by atoms with Gasteiger partial charge in [0.25, 0.3) is 5.91 Å². The van der Waals surface area contributed by atoms with Crippen LogP contribution in [0, 0.1) is 25.5 Å². The van der Waals surface area contributed by atoms with Crippen LogP contribution in [-0.2, 0) is 6.42 Å². The number of aromatic nitrogens is 2. The quantitative estimate of drug-likeness (QED) is 0.758. The second-order valence-electron chi connectivity index (χ2n) is 6.03. The topological polar surface area (TPSA) is 46.9 Å². The van der Waals surface area contributed by atoms with Gasteiger partial charge < -0.3 is 5.32 Å². The van der Waals surface area contributed by atoms with E-state index in [9.17, 15) is 13.6 Å². The molecule has 1 amide bonds. The molecule has 6 heteroatoms. The summed E-state index contributed by atoms with van der Waals surface area (Å²) < 4.78 is 28.3. The maximum atomic E-state index is 13.6. The molecule has 0 bridgehead atoms. The van der Waals surface area contributed by atoms with E-state index < -0.39 is 0 Å². The predicted octanol–water partition coefficient (Wildman–Crippen LogP) is 3.74. The molecule has 0 atom stereocenters. The number of benzene rings is 2. The Kier molecular flexibility index (Phi) is 5.11. The molecule has 134 valence electrons. The molecule has 3 aromatic rings. The molecule has 0 radical (unpaired) electrons. The normalized spacial score (nSPS) is 10.8. The minimum atomic E-state index is -0.332. The lowest BCUT2D eigenvalue weighted by molar-refractivity contribution is 0.0953. The Balaban J connectivity index is 1.73. The van der Waals surface area contributed by atoms with Crippen LogP contribution in [0.2, 0.25) is 0 Å². The first-order valence-corrected chi connectivity index (χ1v) is 8.31. The highest BCUT2D eigenvalue weighted by molar-refractivity contribution is 5.96. The first-order chi connectivity index (χ1) is 12.5. The van der Waals surface area contributed by atoms with Crippen LogP contribution in [0.4, 0.5) is 8.78 Å². The monoisotopic (exact) mass is 355 g/mol. The Morgan fingerprint density at radius 3 is 2.46 bits per heavy atom. The average Bonchev–Trinajstić information content (AvgIpc) is 2.92. The number of carbonyl (C=O) groups excluding carboxylic acids is 1. The molecule has 26 heavy (non-hydrogen) atoms. The SMILES string of the molecule is Cc1nn(-c2ccc(F)cc2)c(C)c1C(=O)NCCc1ccccc1F. The lowest BCUT2D eigenvalue weighted by Crippen LogP contribution is -2.27. The van der Waals surface area contributed by atoms with Crippen LogP contribution >= 0.6 is 0 Å². The van der Waals surface area contributed by atoms with E-state index in [1.165, 1.54) is 18.2 Å². The molecule has 3 rings (SSSR count). The average molecular weight is 355 g/mol. The van der Waals surface area contributed by atoms with Gasteiger partial charge in [-0.3, -0.25) is 4.79 Å². The van der Waals surface area contributed by atoms with Crippen LogP contribution in [0.5, 0.6) is 0 Å². The summed E-state index contributed by atoms with van der Waals surface area (Å²) in [6, 6.07) is 12.4. The fourth-order valence-electron chi connectivity index (χ4n) is 2.91. The van der Waals surface area contributed by atoms with E-state index in [2.05, 4.69) is 10.4 Å². The Hall–Kier alpha value is -3.02. The third-order valence-electron chi connectivity index (χ3n) is 4.23. The van der Waals surface area contributed by atoms with Gasteiger partial charge in [0.2, 0.25) is 0 Å². The number of aryl methyl sites for hydroxylation is 1. The third kappa shape index (κ3) is 3.64. The molecular formula is C20H19F2N3O. The summed E-state index contributed by atoms with van der Waals surface area (Å²) in [5, 5.41) is 7.20. The Morgan fingerprint density at radius 2 is 1.77 bits per heavy atom. The second kappa shape index (κ2) is 7.47. The number of nitrogens with zero attached hydrogens (tertiary/aromatic N) is 2. The van der Waals surface area contributed by atoms with Crippen molar-refractivity contribution in [2.75, 3.05) is 6.54 Å². The molecule has 0 aliphatic carbocycles. The highest BCUT2D eigenvalue weighted by Gasteiger charge is 2.19. The zero-order chi connectivity index (χ0) is 18.7. The highest BCUT2D eigenvalue weighted by Crippen LogP contribution is 2.18. The molecule has 4 nitrogen and oxygen atoms in total. The van der Waals surface area contributed by atoms with E-state index in [1.54, 1.807) is 48.9 Å². The Bertz CT molecular complexity index is 933. The first kappa shape index (κ1) is 17.8. The van der Waals surface area contributed by atoms with Gasteiger partial charge in [0, 0.05) is 6.54 Å². The van der Waals surface area contributed by atoms with E-state index in [1.807, 2.05) is 0 Å². The summed E-state index contributed by atoms with van der Waals surface area (Å²) in [6.45, 7) is 3.86. The summed E-state index contributed by atoms with van der Waals surface area (Å²) in [6.07, 6.45) is 0.405. The molecule has 1 heterocycles. The van der Waals surface area contributed by atoms with Crippen molar-refractivity contribution >= 4 is 5.91 Å². The van der Waals surface area contributed by atoms with Crippen LogP contribution in [0.25, 0.3) is 5.69 Å². The van der Waals surface area contributed by atoms with Gasteiger partial charge >= 0.3 is 0 Å². The molecule has 0 unspecified atom stereocenters. The van der Waals surface area contributed by atoms with Crippen molar-refractivity contribution < 1.29 is 13.6 Å². The zero-order valence-corrected chi connectivity index (χ0v) is 14.6. The number of nitrogens with one attached hydrogen (secondary N) is 1. The van der Waals surface area contributed by atoms with E-state index in [-0.39, 0.29) is 17.5 Å². The zero-order valence-electron chi connectivity index (χ0n) is 14.6. The maximum absolute atomic E-state index is 13.6. The van der Waals surface area contributed by atoms with Crippen molar-refractivity contribution in [2.45, 2.75) is 20.3 Å². The smallest absolute Gasteiger partial charge is 0.255 e. The maximum Gasteiger partial charge on any atom is 0.255 e. The largest absolute Gasteiger partial charge is 0.352 e. The number of rotatable bonds is 5. The lowest BCUT2D eigenvalue weighted by Gasteiger charge is -2.07. The van der Waals surface area contributed by atoms with Crippen LogP contribution in [0.3, 0.4) is 0 Å². The van der Waals surface area contributed by atoms with E-state index in [0.717, 1.165) is 0 Å². The second-order valence-corrected chi connectivity index (χ2v) is 6.03. The van der Waals surface area contributed by atoms with Crippen LogP contribution in [0.1, 0.15) is 27.3 Å². The molecule has 1 aromatic heterocycles. The molecule has 1 N–H and O–H groups in total. The van der Waals surface area contributed by atoms with Gasteiger partial charge in [0.1, 0.15) is 11.6 Å². The Morgan fingerprint density at radius 1 is 1.08 bits per heavy atom. The van der Waals surface area contributed by atoms with Crippen molar-refractivity contribution in [1.29, 1.82) is 0 Å². The van der Waals surface area contributed by atoms with Gasteiger partial charge in [-0.05, 0) is 56.2 Å². The van der Waals surface area contributed by atoms with Gasteiger partial charge in [-0.2, -0.15) is 5.10 Å². The number of hydrogen-bond donors (Lipinski definition) is 1. The third-order valence-corrected chi connectivity index (χ3v) is 4.23. The molecule has 2 aromatic carbocycles. The van der Waals surface area contributed by atoms with Crippen LogP contribution in [-0.4, -0.2) is 22.2 Å². The van der Waals surface area contributed by atoms with Gasteiger partial charge in [0.05, 0.1) is 22.6 Å². The summed E-state index contributed by atoms with van der Waals surface area (Å²) in [4.78, 5) is 12.5. The number of hydrogen-bond acceptors (Lipinski definition) is 2. The Labute approximate surface area is 150 Å². The minimum absolute atomic E-state index is 0.260.